The highest BCUT2D eigenvalue weighted by Crippen LogP contribution is 2.39. The monoisotopic (exact) mass is 382 g/mol. The van der Waals surface area contributed by atoms with Gasteiger partial charge in [-0.25, -0.2) is 0 Å². The lowest BCUT2D eigenvalue weighted by atomic mass is 10.2. The highest BCUT2D eigenvalue weighted by molar-refractivity contribution is 5.99. The Morgan fingerprint density at radius 2 is 1.57 bits per heavy atom. The van der Waals surface area contributed by atoms with Crippen molar-refractivity contribution in [3.8, 4) is 11.5 Å². The molecular formula is C22H26N2O4. The fourth-order valence-corrected chi connectivity index (χ4v) is 2.96. The zero-order valence-electron chi connectivity index (χ0n) is 16.4. The molecule has 6 nitrogen and oxygen atoms in total. The van der Waals surface area contributed by atoms with E-state index in [4.69, 9.17) is 9.47 Å². The third-order valence-electron chi connectivity index (χ3n) is 4.58. The first-order chi connectivity index (χ1) is 13.5. The van der Waals surface area contributed by atoms with Gasteiger partial charge in [0.25, 0.3) is 0 Å². The van der Waals surface area contributed by atoms with Crippen molar-refractivity contribution in [1.82, 2.24) is 5.32 Å². The van der Waals surface area contributed by atoms with Crippen LogP contribution in [0.15, 0.2) is 48.5 Å². The van der Waals surface area contributed by atoms with Crippen LogP contribution in [0.2, 0.25) is 0 Å². The number of methoxy groups -OCH3 is 1. The van der Waals surface area contributed by atoms with Crippen molar-refractivity contribution in [3.63, 3.8) is 0 Å². The third kappa shape index (κ3) is 5.25. The Morgan fingerprint density at radius 3 is 2.18 bits per heavy atom. The van der Waals surface area contributed by atoms with E-state index in [2.05, 4.69) is 10.6 Å². The first-order valence-corrected chi connectivity index (χ1v) is 9.44. The Kier molecular flexibility index (Phi) is 6.19. The van der Waals surface area contributed by atoms with Gasteiger partial charge in [-0.1, -0.05) is 12.1 Å². The summed E-state index contributed by atoms with van der Waals surface area (Å²) >= 11 is 0. The molecule has 1 aliphatic carbocycles. The average Bonchev–Trinajstić information content (AvgIpc) is 3.49. The average molecular weight is 382 g/mol. The SMILES string of the molecule is COc1ccc(CNC(=O)C2CC2C(=O)Nc2ccc(OC(C)C)cc2)cc1. The molecule has 0 heterocycles. The Labute approximate surface area is 165 Å². The molecule has 0 spiro atoms. The Hall–Kier alpha value is -3.02. The number of amides is 2. The van der Waals surface area contributed by atoms with E-state index in [1.54, 1.807) is 19.2 Å². The van der Waals surface area contributed by atoms with Crippen molar-refractivity contribution >= 4 is 17.5 Å². The van der Waals surface area contributed by atoms with E-state index in [0.29, 0.717) is 18.7 Å². The van der Waals surface area contributed by atoms with Gasteiger partial charge in [0.05, 0.1) is 25.0 Å². The van der Waals surface area contributed by atoms with Gasteiger partial charge in [0.2, 0.25) is 11.8 Å². The van der Waals surface area contributed by atoms with Crippen molar-refractivity contribution in [1.29, 1.82) is 0 Å². The molecule has 2 aromatic rings. The summed E-state index contributed by atoms with van der Waals surface area (Å²) in [6.07, 6.45) is 0.679. The minimum absolute atomic E-state index is 0.0864. The molecule has 1 saturated carbocycles. The second-order valence-electron chi connectivity index (χ2n) is 7.19. The molecular weight excluding hydrogens is 356 g/mol. The van der Waals surface area contributed by atoms with Gasteiger partial charge in [0.15, 0.2) is 0 Å². The van der Waals surface area contributed by atoms with E-state index in [1.165, 1.54) is 0 Å². The number of anilines is 1. The van der Waals surface area contributed by atoms with Crippen LogP contribution in [0.1, 0.15) is 25.8 Å². The molecule has 0 bridgehead atoms. The van der Waals surface area contributed by atoms with Crippen LogP contribution < -0.4 is 20.1 Å². The molecule has 2 N–H and O–H groups in total. The second kappa shape index (κ2) is 8.78. The highest BCUT2D eigenvalue weighted by atomic mass is 16.5. The summed E-state index contributed by atoms with van der Waals surface area (Å²) in [5.41, 5.74) is 1.69. The molecule has 0 radical (unpaired) electrons. The topological polar surface area (TPSA) is 76.7 Å². The standard InChI is InChI=1S/C22H26N2O4/c1-14(2)28-18-10-6-16(7-11-18)24-22(26)20-12-19(20)21(25)23-13-15-4-8-17(27-3)9-5-15/h4-11,14,19-20H,12-13H2,1-3H3,(H,23,25)(H,24,26). The summed E-state index contributed by atoms with van der Waals surface area (Å²) in [6, 6.07) is 14.8. The molecule has 0 aliphatic heterocycles. The molecule has 0 aromatic heterocycles. The maximum Gasteiger partial charge on any atom is 0.228 e. The van der Waals surface area contributed by atoms with E-state index in [0.717, 1.165) is 17.1 Å². The quantitative estimate of drug-likeness (QED) is 0.734. The van der Waals surface area contributed by atoms with Crippen LogP contribution in [0.3, 0.4) is 0 Å². The van der Waals surface area contributed by atoms with E-state index in [1.807, 2.05) is 50.2 Å². The Morgan fingerprint density at radius 1 is 0.964 bits per heavy atom. The first-order valence-electron chi connectivity index (χ1n) is 9.44. The van der Waals surface area contributed by atoms with E-state index >= 15 is 0 Å². The lowest BCUT2D eigenvalue weighted by molar-refractivity contribution is -0.125. The molecule has 3 rings (SSSR count). The summed E-state index contributed by atoms with van der Waals surface area (Å²) in [5, 5.41) is 5.76. The van der Waals surface area contributed by atoms with Gasteiger partial charge >= 0.3 is 0 Å². The molecule has 2 amide bonds. The lowest BCUT2D eigenvalue weighted by Gasteiger charge is -2.10. The number of ether oxygens (including phenoxy) is 2. The summed E-state index contributed by atoms with van der Waals surface area (Å²) in [6.45, 7) is 4.36. The first kappa shape index (κ1) is 19.7. The number of rotatable bonds is 8. The van der Waals surface area contributed by atoms with Gasteiger partial charge in [-0.2, -0.15) is 0 Å². The second-order valence-corrected chi connectivity index (χ2v) is 7.19. The van der Waals surface area contributed by atoms with Gasteiger partial charge in [-0.05, 0) is 62.2 Å². The fraction of sp³-hybridized carbons (Fsp3) is 0.364. The zero-order chi connectivity index (χ0) is 20.1. The molecule has 28 heavy (non-hydrogen) atoms. The smallest absolute Gasteiger partial charge is 0.228 e. The molecule has 6 heteroatoms. The van der Waals surface area contributed by atoms with Crippen molar-refractivity contribution in [2.75, 3.05) is 12.4 Å². The van der Waals surface area contributed by atoms with Gasteiger partial charge in [-0.15, -0.1) is 0 Å². The number of carbonyl (C=O) groups is 2. The number of benzene rings is 2. The molecule has 2 atom stereocenters. The third-order valence-corrected chi connectivity index (χ3v) is 4.58. The number of hydrogen-bond acceptors (Lipinski definition) is 4. The zero-order valence-corrected chi connectivity index (χ0v) is 16.4. The van der Waals surface area contributed by atoms with Crippen LogP contribution in [0.4, 0.5) is 5.69 Å². The lowest BCUT2D eigenvalue weighted by Crippen LogP contribution is -2.27. The fourth-order valence-electron chi connectivity index (χ4n) is 2.96. The van der Waals surface area contributed by atoms with Crippen molar-refractivity contribution < 1.29 is 19.1 Å². The van der Waals surface area contributed by atoms with Gasteiger partial charge in [-0.3, -0.25) is 9.59 Å². The van der Waals surface area contributed by atoms with Crippen LogP contribution in [0.25, 0.3) is 0 Å². The van der Waals surface area contributed by atoms with E-state index < -0.39 is 0 Å². The maximum absolute atomic E-state index is 12.4. The summed E-state index contributed by atoms with van der Waals surface area (Å²) in [4.78, 5) is 24.6. The number of nitrogens with one attached hydrogen (secondary N) is 2. The van der Waals surface area contributed by atoms with Crippen molar-refractivity contribution in [2.24, 2.45) is 11.8 Å². The number of hydrogen-bond donors (Lipinski definition) is 2. The van der Waals surface area contributed by atoms with Crippen LogP contribution >= 0.6 is 0 Å². The Bertz CT molecular complexity index is 815. The van der Waals surface area contributed by atoms with Crippen LogP contribution in [0, 0.1) is 11.8 Å². The molecule has 148 valence electrons. The molecule has 2 unspecified atom stereocenters. The Balaban J connectivity index is 1.44. The van der Waals surface area contributed by atoms with Gasteiger partial charge in [0.1, 0.15) is 11.5 Å². The van der Waals surface area contributed by atoms with E-state index in [-0.39, 0.29) is 29.8 Å². The minimum atomic E-state index is -0.276. The van der Waals surface area contributed by atoms with Crippen LogP contribution in [0.5, 0.6) is 11.5 Å². The summed E-state index contributed by atoms with van der Waals surface area (Å²) in [7, 11) is 1.61. The minimum Gasteiger partial charge on any atom is -0.497 e. The van der Waals surface area contributed by atoms with Crippen LogP contribution in [-0.4, -0.2) is 25.0 Å². The normalized spacial score (nSPS) is 17.7. The highest BCUT2D eigenvalue weighted by Gasteiger charge is 2.47. The molecule has 0 saturated heterocycles. The predicted molar refractivity (Wildman–Crippen MR) is 107 cm³/mol. The largest absolute Gasteiger partial charge is 0.497 e. The molecule has 2 aromatic carbocycles. The van der Waals surface area contributed by atoms with Gasteiger partial charge < -0.3 is 20.1 Å². The van der Waals surface area contributed by atoms with Crippen molar-refractivity contribution in [2.45, 2.75) is 32.9 Å². The predicted octanol–water partition coefficient (Wildman–Crippen LogP) is 3.37. The number of carbonyl (C=O) groups excluding carboxylic acids is 2. The van der Waals surface area contributed by atoms with E-state index in [9.17, 15) is 9.59 Å². The molecule has 1 aliphatic rings. The summed E-state index contributed by atoms with van der Waals surface area (Å²) < 4.78 is 10.7. The van der Waals surface area contributed by atoms with Crippen molar-refractivity contribution in [3.05, 3.63) is 54.1 Å². The molecule has 1 fully saturated rings. The van der Waals surface area contributed by atoms with Gasteiger partial charge in [0, 0.05) is 12.2 Å². The summed E-state index contributed by atoms with van der Waals surface area (Å²) in [5.74, 6) is 0.788. The maximum atomic E-state index is 12.4. The van der Waals surface area contributed by atoms with Crippen LogP contribution in [-0.2, 0) is 16.1 Å².